The maximum atomic E-state index is 12.4. The lowest BCUT2D eigenvalue weighted by atomic mass is 10.1. The molecule has 15 heavy (non-hydrogen) atoms. The summed E-state index contributed by atoms with van der Waals surface area (Å²) in [5.74, 6) is 0. The van der Waals surface area contributed by atoms with Crippen LogP contribution in [0, 0.1) is 0 Å². The minimum Gasteiger partial charge on any atom is -0.326 e. The van der Waals surface area contributed by atoms with Gasteiger partial charge in [0.1, 0.15) is 0 Å². The maximum Gasteiger partial charge on any atom is 0.413 e. The number of halogens is 4. The molecule has 0 heterocycles. The molecule has 0 spiro atoms. The summed E-state index contributed by atoms with van der Waals surface area (Å²) in [6, 6.07) is 6.67. The van der Waals surface area contributed by atoms with E-state index in [0.717, 1.165) is 6.08 Å². The second-order valence-corrected chi connectivity index (χ2v) is 3.75. The summed E-state index contributed by atoms with van der Waals surface area (Å²) in [7, 11) is 0. The molecule has 0 fully saturated rings. The van der Waals surface area contributed by atoms with Crippen molar-refractivity contribution in [1.29, 1.82) is 0 Å². The first-order chi connectivity index (χ1) is 6.95. The van der Waals surface area contributed by atoms with E-state index in [4.69, 9.17) is 5.73 Å². The monoisotopic (exact) mass is 279 g/mol. The standard InChI is InChI=1S/C10H9BrF3N/c11-9-4-2-1-3-7(9)5-8(6-15)10(12,13)14/h1-5H,6,15H2/b8-5+. The first-order valence-corrected chi connectivity index (χ1v) is 4.97. The molecule has 0 saturated heterocycles. The largest absolute Gasteiger partial charge is 0.413 e. The number of nitrogens with two attached hydrogens (primary N) is 1. The lowest BCUT2D eigenvalue weighted by Gasteiger charge is -2.09. The Labute approximate surface area is 93.9 Å². The SMILES string of the molecule is NC/C(=C\c1ccccc1Br)C(F)(F)F. The van der Waals surface area contributed by atoms with Crippen LogP contribution < -0.4 is 5.73 Å². The fraction of sp³-hybridized carbons (Fsp3) is 0.200. The Kier molecular flexibility index (Phi) is 3.93. The Morgan fingerprint density at radius 2 is 1.93 bits per heavy atom. The van der Waals surface area contributed by atoms with Gasteiger partial charge in [-0.15, -0.1) is 0 Å². The van der Waals surface area contributed by atoms with E-state index in [0.29, 0.717) is 10.0 Å². The van der Waals surface area contributed by atoms with Crippen molar-refractivity contribution in [3.63, 3.8) is 0 Å². The summed E-state index contributed by atoms with van der Waals surface area (Å²) in [5.41, 5.74) is 4.78. The third-order valence-electron chi connectivity index (χ3n) is 1.82. The molecule has 1 aromatic rings. The van der Waals surface area contributed by atoms with Crippen molar-refractivity contribution in [2.24, 2.45) is 5.73 Å². The molecule has 5 heteroatoms. The second-order valence-electron chi connectivity index (χ2n) is 2.89. The molecule has 0 bridgehead atoms. The van der Waals surface area contributed by atoms with Crippen LogP contribution in [0.2, 0.25) is 0 Å². The number of alkyl halides is 3. The van der Waals surface area contributed by atoms with Crippen LogP contribution in [-0.2, 0) is 0 Å². The average Bonchev–Trinajstić information content (AvgIpc) is 2.14. The molecule has 0 aliphatic heterocycles. The van der Waals surface area contributed by atoms with E-state index in [2.05, 4.69) is 15.9 Å². The average molecular weight is 280 g/mol. The summed E-state index contributed by atoms with van der Waals surface area (Å²) >= 11 is 3.17. The molecule has 0 aliphatic carbocycles. The Bertz CT molecular complexity index is 371. The number of hydrogen-bond acceptors (Lipinski definition) is 1. The summed E-state index contributed by atoms with van der Waals surface area (Å²) in [6.07, 6.45) is -3.33. The third-order valence-corrected chi connectivity index (χ3v) is 2.54. The lowest BCUT2D eigenvalue weighted by molar-refractivity contribution is -0.0912. The summed E-state index contributed by atoms with van der Waals surface area (Å²) < 4.78 is 37.7. The van der Waals surface area contributed by atoms with Crippen molar-refractivity contribution in [3.05, 3.63) is 39.9 Å². The molecule has 1 nitrogen and oxygen atoms in total. The van der Waals surface area contributed by atoms with E-state index < -0.39 is 18.3 Å². The highest BCUT2D eigenvalue weighted by Gasteiger charge is 2.32. The van der Waals surface area contributed by atoms with Gasteiger partial charge >= 0.3 is 6.18 Å². The van der Waals surface area contributed by atoms with Crippen LogP contribution in [0.5, 0.6) is 0 Å². The predicted molar refractivity (Wildman–Crippen MR) is 57.2 cm³/mol. The van der Waals surface area contributed by atoms with Crippen molar-refractivity contribution < 1.29 is 13.2 Å². The molecule has 2 N–H and O–H groups in total. The molecule has 0 aromatic heterocycles. The van der Waals surface area contributed by atoms with E-state index in [9.17, 15) is 13.2 Å². The third kappa shape index (κ3) is 3.35. The van der Waals surface area contributed by atoms with E-state index in [1.54, 1.807) is 24.3 Å². The van der Waals surface area contributed by atoms with Crippen molar-refractivity contribution in [2.45, 2.75) is 6.18 Å². The van der Waals surface area contributed by atoms with Gasteiger partial charge in [0.2, 0.25) is 0 Å². The fourth-order valence-electron chi connectivity index (χ4n) is 1.04. The zero-order valence-electron chi connectivity index (χ0n) is 7.68. The van der Waals surface area contributed by atoms with Gasteiger partial charge in [-0.05, 0) is 17.7 Å². The molecule has 0 atom stereocenters. The van der Waals surface area contributed by atoms with Gasteiger partial charge in [0.05, 0.1) is 0 Å². The Morgan fingerprint density at radius 3 is 2.40 bits per heavy atom. The predicted octanol–water partition coefficient (Wildman–Crippen LogP) is 3.35. The summed E-state index contributed by atoms with van der Waals surface area (Å²) in [5, 5.41) is 0. The fourth-order valence-corrected chi connectivity index (χ4v) is 1.44. The van der Waals surface area contributed by atoms with Gasteiger partial charge in [-0.1, -0.05) is 34.1 Å². The van der Waals surface area contributed by atoms with Crippen LogP contribution in [0.3, 0.4) is 0 Å². The van der Waals surface area contributed by atoms with Gasteiger partial charge in [-0.2, -0.15) is 13.2 Å². The number of benzene rings is 1. The Balaban J connectivity index is 3.10. The lowest BCUT2D eigenvalue weighted by Crippen LogP contribution is -2.19. The maximum absolute atomic E-state index is 12.4. The topological polar surface area (TPSA) is 26.0 Å². The van der Waals surface area contributed by atoms with Crippen LogP contribution in [0.25, 0.3) is 6.08 Å². The van der Waals surface area contributed by atoms with E-state index >= 15 is 0 Å². The van der Waals surface area contributed by atoms with Gasteiger partial charge in [0, 0.05) is 16.6 Å². The Hall–Kier alpha value is -0.810. The molecule has 0 amide bonds. The molecule has 0 radical (unpaired) electrons. The zero-order chi connectivity index (χ0) is 11.5. The smallest absolute Gasteiger partial charge is 0.326 e. The minimum atomic E-state index is -4.37. The zero-order valence-corrected chi connectivity index (χ0v) is 9.27. The van der Waals surface area contributed by atoms with Crippen molar-refractivity contribution >= 4 is 22.0 Å². The molecule has 0 saturated carbocycles. The van der Waals surface area contributed by atoms with Gasteiger partial charge in [0.25, 0.3) is 0 Å². The number of hydrogen-bond donors (Lipinski definition) is 1. The molecule has 0 unspecified atom stereocenters. The van der Waals surface area contributed by atoms with Gasteiger partial charge in [-0.3, -0.25) is 0 Å². The highest BCUT2D eigenvalue weighted by molar-refractivity contribution is 9.10. The highest BCUT2D eigenvalue weighted by atomic mass is 79.9. The molecular weight excluding hydrogens is 271 g/mol. The number of rotatable bonds is 2. The van der Waals surface area contributed by atoms with E-state index in [-0.39, 0.29) is 0 Å². The van der Waals surface area contributed by atoms with Gasteiger partial charge in [0.15, 0.2) is 0 Å². The molecular formula is C10H9BrF3N. The van der Waals surface area contributed by atoms with Crippen molar-refractivity contribution in [3.8, 4) is 0 Å². The minimum absolute atomic E-state index is 0.468. The molecule has 1 aromatic carbocycles. The molecule has 0 aliphatic rings. The first kappa shape index (κ1) is 12.3. The second kappa shape index (κ2) is 4.81. The van der Waals surface area contributed by atoms with Gasteiger partial charge < -0.3 is 5.73 Å². The van der Waals surface area contributed by atoms with Gasteiger partial charge in [-0.25, -0.2) is 0 Å². The highest BCUT2D eigenvalue weighted by Crippen LogP contribution is 2.28. The first-order valence-electron chi connectivity index (χ1n) is 4.17. The van der Waals surface area contributed by atoms with Crippen LogP contribution in [0.15, 0.2) is 34.3 Å². The normalized spacial score (nSPS) is 13.0. The van der Waals surface area contributed by atoms with Crippen molar-refractivity contribution in [1.82, 2.24) is 0 Å². The molecule has 1 rings (SSSR count). The molecule has 82 valence electrons. The Morgan fingerprint density at radius 1 is 1.33 bits per heavy atom. The van der Waals surface area contributed by atoms with Crippen LogP contribution in [-0.4, -0.2) is 12.7 Å². The van der Waals surface area contributed by atoms with E-state index in [1.165, 1.54) is 0 Å². The van der Waals surface area contributed by atoms with Crippen LogP contribution >= 0.6 is 15.9 Å². The van der Waals surface area contributed by atoms with E-state index in [1.807, 2.05) is 0 Å². The summed E-state index contributed by atoms with van der Waals surface area (Å²) in [6.45, 7) is -0.523. The quantitative estimate of drug-likeness (QED) is 0.883. The van der Waals surface area contributed by atoms with Crippen LogP contribution in [0.4, 0.5) is 13.2 Å². The van der Waals surface area contributed by atoms with Crippen LogP contribution in [0.1, 0.15) is 5.56 Å². The summed E-state index contributed by atoms with van der Waals surface area (Å²) in [4.78, 5) is 0. The van der Waals surface area contributed by atoms with Crippen molar-refractivity contribution in [2.75, 3.05) is 6.54 Å².